The minimum atomic E-state index is -0.508. The number of nitrogens with zero attached hydrogens (tertiary/aromatic N) is 2. The van der Waals surface area contributed by atoms with Crippen molar-refractivity contribution in [2.45, 2.75) is 50.5 Å². The van der Waals surface area contributed by atoms with Crippen LogP contribution in [-0.2, 0) is 11.3 Å². The number of rotatable bonds is 4. The number of hydrogen-bond acceptors (Lipinski definition) is 6. The summed E-state index contributed by atoms with van der Waals surface area (Å²) in [6.45, 7) is 2.55. The average Bonchev–Trinajstić information content (AvgIpc) is 2.74. The Morgan fingerprint density at radius 1 is 1.23 bits per heavy atom. The van der Waals surface area contributed by atoms with Crippen LogP contribution < -0.4 is 14.8 Å². The Morgan fingerprint density at radius 2 is 2.07 bits per heavy atom. The molecule has 0 bridgehead atoms. The summed E-state index contributed by atoms with van der Waals surface area (Å²) in [5, 5.41) is 2.92. The number of fused-ring (bicyclic) bond motifs is 1. The van der Waals surface area contributed by atoms with Crippen molar-refractivity contribution in [3.63, 3.8) is 0 Å². The summed E-state index contributed by atoms with van der Waals surface area (Å²) in [6.07, 6.45) is 7.37. The van der Waals surface area contributed by atoms with Crippen LogP contribution in [0.2, 0.25) is 0 Å². The molecule has 0 radical (unpaired) electrons. The lowest BCUT2D eigenvalue weighted by molar-refractivity contribution is -0.231. The van der Waals surface area contributed by atoms with E-state index in [1.807, 2.05) is 18.2 Å². The number of piperidine rings is 1. The van der Waals surface area contributed by atoms with Crippen LogP contribution >= 0.6 is 0 Å². The highest BCUT2D eigenvalue weighted by molar-refractivity contribution is 6.04. The highest BCUT2D eigenvalue weighted by Gasteiger charge is 2.42. The Hall–Kier alpha value is -2.64. The number of methoxy groups -OCH3 is 1. The molecular weight excluding hydrogens is 382 g/mol. The maximum atomic E-state index is 12.5. The van der Waals surface area contributed by atoms with E-state index in [9.17, 15) is 4.79 Å². The SMILES string of the molecule is COc1cc(C(=O)Nc2ccc3c(c2)COC2(CCN(C4CCC4)CC2)O3)ccn1. The number of hydrogen-bond donors (Lipinski definition) is 1. The molecule has 7 heteroatoms. The number of pyridine rings is 1. The molecule has 1 saturated heterocycles. The Bertz CT molecular complexity index is 936. The average molecular weight is 409 g/mol. The number of anilines is 1. The quantitative estimate of drug-likeness (QED) is 0.832. The number of benzene rings is 1. The van der Waals surface area contributed by atoms with Gasteiger partial charge in [-0.2, -0.15) is 0 Å². The summed E-state index contributed by atoms with van der Waals surface area (Å²) >= 11 is 0. The first-order valence-electron chi connectivity index (χ1n) is 10.7. The molecule has 1 spiro atoms. The van der Waals surface area contributed by atoms with E-state index >= 15 is 0 Å². The summed E-state index contributed by atoms with van der Waals surface area (Å²) in [5.74, 6) is 0.532. The molecule has 1 N–H and O–H groups in total. The number of amides is 1. The van der Waals surface area contributed by atoms with Crippen molar-refractivity contribution in [2.24, 2.45) is 0 Å². The second-order valence-corrected chi connectivity index (χ2v) is 8.29. The third kappa shape index (κ3) is 3.75. The van der Waals surface area contributed by atoms with Crippen molar-refractivity contribution >= 4 is 11.6 Å². The number of carbonyl (C=O) groups is 1. The molecule has 2 aromatic rings. The number of carbonyl (C=O) groups excluding carboxylic acids is 1. The van der Waals surface area contributed by atoms with E-state index in [0.717, 1.165) is 43.3 Å². The number of likely N-dealkylation sites (tertiary alicyclic amines) is 1. The van der Waals surface area contributed by atoms with E-state index in [2.05, 4.69) is 15.2 Å². The van der Waals surface area contributed by atoms with Gasteiger partial charge in [0, 0.05) is 61.1 Å². The first-order chi connectivity index (χ1) is 14.6. The topological polar surface area (TPSA) is 72.9 Å². The predicted molar refractivity (Wildman–Crippen MR) is 112 cm³/mol. The highest BCUT2D eigenvalue weighted by Crippen LogP contribution is 2.40. The zero-order valence-electron chi connectivity index (χ0n) is 17.2. The van der Waals surface area contributed by atoms with Crippen LogP contribution in [0, 0.1) is 0 Å². The van der Waals surface area contributed by atoms with Crippen LogP contribution in [-0.4, -0.2) is 47.8 Å². The fourth-order valence-corrected chi connectivity index (χ4v) is 4.40. The Balaban J connectivity index is 1.24. The molecule has 1 saturated carbocycles. The van der Waals surface area contributed by atoms with Crippen molar-refractivity contribution < 1.29 is 19.0 Å². The lowest BCUT2D eigenvalue weighted by Gasteiger charge is -2.47. The Labute approximate surface area is 176 Å². The van der Waals surface area contributed by atoms with Gasteiger partial charge in [-0.05, 0) is 37.1 Å². The molecular formula is C23H27N3O4. The van der Waals surface area contributed by atoms with Crippen LogP contribution in [0.5, 0.6) is 11.6 Å². The van der Waals surface area contributed by atoms with Crippen molar-refractivity contribution in [3.8, 4) is 11.6 Å². The van der Waals surface area contributed by atoms with Crippen LogP contribution in [0.25, 0.3) is 0 Å². The summed E-state index contributed by atoms with van der Waals surface area (Å²) in [5.41, 5.74) is 2.15. The maximum absolute atomic E-state index is 12.5. The van der Waals surface area contributed by atoms with Crippen LogP contribution in [0.3, 0.4) is 0 Å². The lowest BCUT2D eigenvalue weighted by Crippen LogP contribution is -2.54. The second kappa shape index (κ2) is 7.89. The van der Waals surface area contributed by atoms with E-state index < -0.39 is 5.79 Å². The molecule has 1 amide bonds. The third-order valence-electron chi connectivity index (χ3n) is 6.46. The van der Waals surface area contributed by atoms with E-state index in [0.29, 0.717) is 23.7 Å². The van der Waals surface area contributed by atoms with E-state index in [4.69, 9.17) is 14.2 Å². The first kappa shape index (κ1) is 19.3. The monoisotopic (exact) mass is 409 g/mol. The van der Waals surface area contributed by atoms with Gasteiger partial charge in [-0.1, -0.05) is 6.42 Å². The third-order valence-corrected chi connectivity index (χ3v) is 6.46. The fraction of sp³-hybridized carbons (Fsp3) is 0.478. The Kier molecular flexibility index (Phi) is 5.08. The molecule has 30 heavy (non-hydrogen) atoms. The van der Waals surface area contributed by atoms with Gasteiger partial charge in [0.25, 0.3) is 5.91 Å². The number of aromatic nitrogens is 1. The molecule has 0 atom stereocenters. The van der Waals surface area contributed by atoms with Gasteiger partial charge in [-0.15, -0.1) is 0 Å². The zero-order valence-corrected chi connectivity index (χ0v) is 17.2. The van der Waals surface area contributed by atoms with E-state index in [1.54, 1.807) is 18.3 Å². The van der Waals surface area contributed by atoms with E-state index in [-0.39, 0.29) is 5.91 Å². The van der Waals surface area contributed by atoms with Gasteiger partial charge in [0.2, 0.25) is 11.7 Å². The molecule has 2 fully saturated rings. The van der Waals surface area contributed by atoms with Crippen LogP contribution in [0.1, 0.15) is 48.0 Å². The maximum Gasteiger partial charge on any atom is 0.255 e. The fourth-order valence-electron chi connectivity index (χ4n) is 4.40. The van der Waals surface area contributed by atoms with Crippen molar-refractivity contribution in [3.05, 3.63) is 47.7 Å². The number of ether oxygens (including phenoxy) is 3. The molecule has 0 unspecified atom stereocenters. The van der Waals surface area contributed by atoms with Gasteiger partial charge >= 0.3 is 0 Å². The van der Waals surface area contributed by atoms with Gasteiger partial charge in [0.05, 0.1) is 13.7 Å². The largest absolute Gasteiger partial charge is 0.481 e. The predicted octanol–water partition coefficient (Wildman–Crippen LogP) is 3.60. The first-order valence-corrected chi connectivity index (χ1v) is 10.7. The molecule has 7 nitrogen and oxygen atoms in total. The molecule has 5 rings (SSSR count). The molecule has 1 aromatic heterocycles. The van der Waals surface area contributed by atoms with Gasteiger partial charge < -0.3 is 19.5 Å². The number of nitrogens with one attached hydrogen (secondary N) is 1. The van der Waals surface area contributed by atoms with Gasteiger partial charge in [0.1, 0.15) is 5.75 Å². The summed E-state index contributed by atoms with van der Waals surface area (Å²) < 4.78 is 17.6. The summed E-state index contributed by atoms with van der Waals surface area (Å²) in [4.78, 5) is 19.2. The molecule has 1 aromatic carbocycles. The summed E-state index contributed by atoms with van der Waals surface area (Å²) in [6, 6.07) is 9.76. The van der Waals surface area contributed by atoms with E-state index in [1.165, 1.54) is 26.4 Å². The molecule has 3 aliphatic rings. The normalized spacial score (nSPS) is 20.7. The highest BCUT2D eigenvalue weighted by atomic mass is 16.7. The Morgan fingerprint density at radius 3 is 2.80 bits per heavy atom. The summed E-state index contributed by atoms with van der Waals surface area (Å²) in [7, 11) is 1.53. The minimum Gasteiger partial charge on any atom is -0.481 e. The van der Waals surface area contributed by atoms with Crippen LogP contribution in [0.15, 0.2) is 36.5 Å². The van der Waals surface area contributed by atoms with Crippen molar-refractivity contribution in [1.29, 1.82) is 0 Å². The lowest BCUT2D eigenvalue weighted by atomic mass is 9.89. The smallest absolute Gasteiger partial charge is 0.255 e. The molecule has 3 heterocycles. The molecule has 1 aliphatic carbocycles. The zero-order chi connectivity index (χ0) is 20.6. The molecule has 2 aliphatic heterocycles. The second-order valence-electron chi connectivity index (χ2n) is 8.29. The van der Waals surface area contributed by atoms with Gasteiger partial charge in [0.15, 0.2) is 0 Å². The van der Waals surface area contributed by atoms with Gasteiger partial charge in [-0.25, -0.2) is 4.98 Å². The van der Waals surface area contributed by atoms with Crippen molar-refractivity contribution in [1.82, 2.24) is 9.88 Å². The van der Waals surface area contributed by atoms with Crippen molar-refractivity contribution in [2.75, 3.05) is 25.5 Å². The molecule has 158 valence electrons. The van der Waals surface area contributed by atoms with Crippen LogP contribution in [0.4, 0.5) is 5.69 Å². The minimum absolute atomic E-state index is 0.215. The van der Waals surface area contributed by atoms with Gasteiger partial charge in [-0.3, -0.25) is 9.69 Å². The standard InChI is InChI=1S/C23H27N3O4/c1-28-21-14-16(7-10-24-21)22(27)25-18-5-6-20-17(13-18)15-29-23(30-20)8-11-26(12-9-23)19-3-2-4-19/h5-7,10,13-14,19H,2-4,8-9,11-12,15H2,1H3,(H,25,27).